The summed E-state index contributed by atoms with van der Waals surface area (Å²) >= 11 is 0. The molecule has 1 aromatic rings. The van der Waals surface area contributed by atoms with E-state index in [4.69, 9.17) is 10.5 Å². The Balaban J connectivity index is 1.69. The van der Waals surface area contributed by atoms with Crippen LogP contribution in [0.5, 0.6) is 5.75 Å². The summed E-state index contributed by atoms with van der Waals surface area (Å²) < 4.78 is 5.24. The van der Waals surface area contributed by atoms with Crippen LogP contribution in [0.3, 0.4) is 0 Å². The highest BCUT2D eigenvalue weighted by Gasteiger charge is 2.40. The van der Waals surface area contributed by atoms with Crippen molar-refractivity contribution in [3.05, 3.63) is 18.2 Å². The van der Waals surface area contributed by atoms with Crippen LogP contribution in [0.2, 0.25) is 0 Å². The Hall–Kier alpha value is -2.08. The zero-order valence-electron chi connectivity index (χ0n) is 14.9. The Morgan fingerprint density at radius 3 is 2.44 bits per heavy atom. The Morgan fingerprint density at radius 2 is 1.84 bits per heavy atom. The summed E-state index contributed by atoms with van der Waals surface area (Å²) in [6, 6.07) is 5.52. The summed E-state index contributed by atoms with van der Waals surface area (Å²) in [4.78, 5) is 24.1. The van der Waals surface area contributed by atoms with Crippen molar-refractivity contribution in [1.82, 2.24) is 0 Å². The first-order valence-corrected chi connectivity index (χ1v) is 9.00. The molecular formula is C19H27N3O3. The number of ether oxygens (including phenoxy) is 1. The normalized spacial score (nSPS) is 28.1. The monoisotopic (exact) mass is 345 g/mol. The average Bonchev–Trinajstić information content (AvgIpc) is 2.54. The Bertz CT molecular complexity index is 647. The summed E-state index contributed by atoms with van der Waals surface area (Å²) in [7, 11) is 1.54. The number of carbonyl (C=O) groups excluding carboxylic acids is 2. The van der Waals surface area contributed by atoms with Crippen LogP contribution in [0.1, 0.15) is 39.0 Å². The first kappa shape index (κ1) is 17.7. The van der Waals surface area contributed by atoms with Crippen molar-refractivity contribution in [2.75, 3.05) is 17.7 Å². The Morgan fingerprint density at radius 1 is 1.16 bits per heavy atom. The van der Waals surface area contributed by atoms with E-state index in [2.05, 4.69) is 10.6 Å². The first-order chi connectivity index (χ1) is 12.0. The molecule has 0 aliphatic heterocycles. The molecule has 6 nitrogen and oxygen atoms in total. The van der Waals surface area contributed by atoms with Gasteiger partial charge in [-0.3, -0.25) is 9.59 Å². The molecule has 2 aliphatic carbocycles. The number of hydrogen-bond acceptors (Lipinski definition) is 4. The van der Waals surface area contributed by atoms with E-state index < -0.39 is 0 Å². The lowest BCUT2D eigenvalue weighted by molar-refractivity contribution is -0.122. The van der Waals surface area contributed by atoms with E-state index in [0.717, 1.165) is 25.7 Å². The van der Waals surface area contributed by atoms with Crippen LogP contribution in [0, 0.1) is 17.8 Å². The largest absolute Gasteiger partial charge is 0.495 e. The second kappa shape index (κ2) is 7.44. The molecule has 0 spiro atoms. The predicted octanol–water partition coefficient (Wildman–Crippen LogP) is 2.75. The van der Waals surface area contributed by atoms with E-state index in [1.165, 1.54) is 13.3 Å². The van der Waals surface area contributed by atoms with Gasteiger partial charge in [0.2, 0.25) is 11.8 Å². The van der Waals surface area contributed by atoms with Crippen LogP contribution in [0.15, 0.2) is 18.2 Å². The van der Waals surface area contributed by atoms with Crippen molar-refractivity contribution in [1.29, 1.82) is 0 Å². The van der Waals surface area contributed by atoms with Gasteiger partial charge >= 0.3 is 0 Å². The van der Waals surface area contributed by atoms with Gasteiger partial charge in [0, 0.05) is 24.6 Å². The minimum absolute atomic E-state index is 0.0152. The maximum atomic E-state index is 12.7. The van der Waals surface area contributed by atoms with Gasteiger partial charge in [-0.15, -0.1) is 0 Å². The highest BCUT2D eigenvalue weighted by Crippen LogP contribution is 2.42. The minimum atomic E-state index is -0.184. The van der Waals surface area contributed by atoms with Crippen LogP contribution in [-0.4, -0.2) is 25.0 Å². The third-order valence-electron chi connectivity index (χ3n) is 5.56. The SMILES string of the molecule is COc1ccc(NC(=O)C2CC3CCCC(C2)C3N)cc1NC(C)=O. The fourth-order valence-electron chi connectivity index (χ4n) is 4.32. The van der Waals surface area contributed by atoms with Crippen LogP contribution in [0.25, 0.3) is 0 Å². The second-order valence-electron chi connectivity index (χ2n) is 7.28. The summed E-state index contributed by atoms with van der Waals surface area (Å²) in [5, 5.41) is 5.72. The first-order valence-electron chi connectivity index (χ1n) is 9.00. The molecule has 2 bridgehead atoms. The molecule has 136 valence electrons. The number of methoxy groups -OCH3 is 1. The van der Waals surface area contributed by atoms with Crippen molar-refractivity contribution in [2.45, 2.75) is 45.1 Å². The van der Waals surface area contributed by atoms with E-state index >= 15 is 0 Å². The zero-order valence-corrected chi connectivity index (χ0v) is 14.9. The van der Waals surface area contributed by atoms with Crippen LogP contribution < -0.4 is 21.1 Å². The van der Waals surface area contributed by atoms with Crippen LogP contribution in [-0.2, 0) is 9.59 Å². The molecule has 2 amide bonds. The molecule has 0 radical (unpaired) electrons. The lowest BCUT2D eigenvalue weighted by atomic mass is 9.65. The van der Waals surface area contributed by atoms with Crippen molar-refractivity contribution in [3.63, 3.8) is 0 Å². The number of benzene rings is 1. The quantitative estimate of drug-likeness (QED) is 0.782. The molecule has 4 N–H and O–H groups in total. The smallest absolute Gasteiger partial charge is 0.227 e. The summed E-state index contributed by atoms with van der Waals surface area (Å²) in [6.07, 6.45) is 5.25. The van der Waals surface area contributed by atoms with Crippen molar-refractivity contribution < 1.29 is 14.3 Å². The van der Waals surface area contributed by atoms with Gasteiger partial charge < -0.3 is 21.1 Å². The van der Waals surface area contributed by atoms with Crippen molar-refractivity contribution in [3.8, 4) is 5.75 Å². The molecule has 1 aromatic carbocycles. The molecule has 0 aromatic heterocycles. The van der Waals surface area contributed by atoms with E-state index in [-0.39, 0.29) is 23.8 Å². The summed E-state index contributed by atoms with van der Waals surface area (Å²) in [5.41, 5.74) is 7.52. The zero-order chi connectivity index (χ0) is 18.0. The number of carbonyl (C=O) groups is 2. The number of rotatable bonds is 4. The number of nitrogens with two attached hydrogens (primary N) is 1. The molecule has 25 heavy (non-hydrogen) atoms. The lowest BCUT2D eigenvalue weighted by Gasteiger charge is -2.43. The number of anilines is 2. The van der Waals surface area contributed by atoms with E-state index in [9.17, 15) is 9.59 Å². The fourth-order valence-corrected chi connectivity index (χ4v) is 4.32. The maximum absolute atomic E-state index is 12.7. The highest BCUT2D eigenvalue weighted by atomic mass is 16.5. The van der Waals surface area contributed by atoms with E-state index in [0.29, 0.717) is 29.0 Å². The van der Waals surface area contributed by atoms with Gasteiger partial charge in [0.05, 0.1) is 12.8 Å². The van der Waals surface area contributed by atoms with Gasteiger partial charge in [0.15, 0.2) is 0 Å². The van der Waals surface area contributed by atoms with Crippen LogP contribution in [0.4, 0.5) is 11.4 Å². The molecule has 6 heteroatoms. The van der Waals surface area contributed by atoms with Crippen molar-refractivity contribution >= 4 is 23.2 Å². The lowest BCUT2D eigenvalue weighted by Crippen LogP contribution is -2.48. The molecule has 2 aliphatic rings. The van der Waals surface area contributed by atoms with Gasteiger partial charge in [-0.2, -0.15) is 0 Å². The van der Waals surface area contributed by atoms with Crippen molar-refractivity contribution in [2.24, 2.45) is 23.5 Å². The minimum Gasteiger partial charge on any atom is -0.495 e. The molecule has 2 saturated carbocycles. The molecular weight excluding hydrogens is 318 g/mol. The molecule has 0 saturated heterocycles. The summed E-state index contributed by atoms with van der Waals surface area (Å²) in [6.45, 7) is 1.44. The molecule has 2 atom stereocenters. The van der Waals surface area contributed by atoms with Gasteiger partial charge in [-0.05, 0) is 55.7 Å². The standard InChI is InChI=1S/C19H27N3O3/c1-11(23)21-16-10-15(6-7-17(16)25-2)22-19(24)14-8-12-4-3-5-13(9-14)18(12)20/h6-7,10,12-14,18H,3-5,8-9,20H2,1-2H3,(H,21,23)(H,22,24). The molecule has 0 heterocycles. The summed E-state index contributed by atoms with van der Waals surface area (Å²) in [5.74, 6) is 1.37. The molecule has 2 unspecified atom stereocenters. The Kier molecular flexibility index (Phi) is 5.27. The van der Waals surface area contributed by atoms with Gasteiger partial charge in [0.25, 0.3) is 0 Å². The van der Waals surface area contributed by atoms with Crippen LogP contribution >= 0.6 is 0 Å². The fraction of sp³-hybridized carbons (Fsp3) is 0.579. The Labute approximate surface area is 148 Å². The number of fused-ring (bicyclic) bond motifs is 2. The second-order valence-corrected chi connectivity index (χ2v) is 7.28. The van der Waals surface area contributed by atoms with Gasteiger partial charge in [-0.25, -0.2) is 0 Å². The third-order valence-corrected chi connectivity index (χ3v) is 5.56. The predicted molar refractivity (Wildman–Crippen MR) is 97.5 cm³/mol. The highest BCUT2D eigenvalue weighted by molar-refractivity contribution is 5.95. The van der Waals surface area contributed by atoms with Gasteiger partial charge in [-0.1, -0.05) is 6.42 Å². The molecule has 2 fully saturated rings. The third kappa shape index (κ3) is 3.95. The van der Waals surface area contributed by atoms with E-state index in [1.807, 2.05) is 0 Å². The molecule has 3 rings (SSSR count). The number of nitrogens with one attached hydrogen (secondary N) is 2. The topological polar surface area (TPSA) is 93.4 Å². The average molecular weight is 345 g/mol. The van der Waals surface area contributed by atoms with E-state index in [1.54, 1.807) is 25.3 Å². The van der Waals surface area contributed by atoms with Gasteiger partial charge in [0.1, 0.15) is 5.75 Å². The number of hydrogen-bond donors (Lipinski definition) is 3. The maximum Gasteiger partial charge on any atom is 0.227 e. The number of amides is 2.